The van der Waals surface area contributed by atoms with Gasteiger partial charge in [0.1, 0.15) is 11.5 Å². The number of rotatable bonds is 7. The lowest BCUT2D eigenvalue weighted by Crippen LogP contribution is -2.51. The molecule has 1 aliphatic rings. The van der Waals surface area contributed by atoms with Crippen LogP contribution in [-0.4, -0.2) is 46.9 Å². The number of benzene rings is 1. The number of unbranched alkanes of at least 4 members (excludes halogenated alkanes) is 1. The fraction of sp³-hybridized carbons (Fsp3) is 0.500. The molecule has 0 fully saturated rings. The Morgan fingerprint density at radius 3 is 2.48 bits per heavy atom. The zero-order valence-electron chi connectivity index (χ0n) is 13.5. The average Bonchev–Trinajstić information content (AvgIpc) is 2.95. The molecule has 0 radical (unpaired) electrons. The highest BCUT2D eigenvalue weighted by Gasteiger charge is 2.53. The van der Waals surface area contributed by atoms with E-state index in [1.807, 2.05) is 6.92 Å². The van der Waals surface area contributed by atoms with Crippen molar-refractivity contribution in [3.8, 4) is 5.75 Å². The molecule has 1 atom stereocenters. The smallest absolute Gasteiger partial charge is 0.287 e. The SMILES string of the molecule is CCCCOc1ccc(C(=O)N2N=C(C(F)F)C[C@]2(O)C(F)F)cc1. The summed E-state index contributed by atoms with van der Waals surface area (Å²) < 4.78 is 57.2. The van der Waals surface area contributed by atoms with Crippen molar-refractivity contribution in [1.82, 2.24) is 5.01 Å². The van der Waals surface area contributed by atoms with Gasteiger partial charge in [0.15, 0.2) is 0 Å². The van der Waals surface area contributed by atoms with E-state index in [0.717, 1.165) is 12.8 Å². The molecule has 1 aromatic carbocycles. The molecule has 1 aromatic rings. The Balaban J connectivity index is 2.19. The molecule has 5 nitrogen and oxygen atoms in total. The van der Waals surface area contributed by atoms with Gasteiger partial charge in [0.05, 0.1) is 6.61 Å². The summed E-state index contributed by atoms with van der Waals surface area (Å²) in [7, 11) is 0. The van der Waals surface area contributed by atoms with Crippen LogP contribution in [-0.2, 0) is 0 Å². The number of ether oxygens (including phenoxy) is 1. The normalized spacial score (nSPS) is 20.3. The number of hydrogen-bond donors (Lipinski definition) is 1. The van der Waals surface area contributed by atoms with E-state index < -0.39 is 36.6 Å². The van der Waals surface area contributed by atoms with Crippen LogP contribution >= 0.6 is 0 Å². The van der Waals surface area contributed by atoms with E-state index in [4.69, 9.17) is 4.74 Å². The van der Waals surface area contributed by atoms with E-state index in [2.05, 4.69) is 5.10 Å². The monoisotopic (exact) mass is 362 g/mol. The van der Waals surface area contributed by atoms with E-state index in [1.165, 1.54) is 24.3 Å². The Hall–Kier alpha value is -2.16. The minimum absolute atomic E-state index is 0.0338. The molecular weight excluding hydrogens is 344 g/mol. The molecule has 25 heavy (non-hydrogen) atoms. The minimum Gasteiger partial charge on any atom is -0.494 e. The van der Waals surface area contributed by atoms with Gasteiger partial charge < -0.3 is 9.84 Å². The fourth-order valence-electron chi connectivity index (χ4n) is 2.25. The van der Waals surface area contributed by atoms with Crippen LogP contribution < -0.4 is 4.74 Å². The fourth-order valence-corrected chi connectivity index (χ4v) is 2.25. The number of alkyl halides is 4. The standard InChI is InChI=1S/C16H18F4N2O3/c1-2-3-8-25-11-6-4-10(5-7-11)14(23)22-16(24,15(19)20)9-12(21-22)13(17)18/h4-7,13,15,24H,2-3,8-9H2,1H3/t16-/m0/s1. The van der Waals surface area contributed by atoms with Gasteiger partial charge in [-0.25, -0.2) is 17.6 Å². The summed E-state index contributed by atoms with van der Waals surface area (Å²) in [6.45, 7) is 2.49. The lowest BCUT2D eigenvalue weighted by Gasteiger charge is -2.30. The van der Waals surface area contributed by atoms with E-state index in [-0.39, 0.29) is 10.6 Å². The lowest BCUT2D eigenvalue weighted by atomic mass is 10.1. The molecule has 138 valence electrons. The van der Waals surface area contributed by atoms with Gasteiger partial charge in [0.25, 0.3) is 18.8 Å². The second-order valence-corrected chi connectivity index (χ2v) is 5.59. The van der Waals surface area contributed by atoms with Crippen molar-refractivity contribution in [2.45, 2.75) is 44.8 Å². The number of halogens is 4. The lowest BCUT2D eigenvalue weighted by molar-refractivity contribution is -0.164. The van der Waals surface area contributed by atoms with Gasteiger partial charge in [-0.1, -0.05) is 13.3 Å². The van der Waals surface area contributed by atoms with E-state index in [0.29, 0.717) is 12.4 Å². The van der Waals surface area contributed by atoms with Crippen molar-refractivity contribution < 1.29 is 32.2 Å². The van der Waals surface area contributed by atoms with Crippen molar-refractivity contribution >= 4 is 11.6 Å². The molecule has 0 unspecified atom stereocenters. The first-order valence-corrected chi connectivity index (χ1v) is 7.73. The summed E-state index contributed by atoms with van der Waals surface area (Å²) in [6, 6.07) is 5.51. The van der Waals surface area contributed by atoms with Gasteiger partial charge in [-0.15, -0.1) is 0 Å². The van der Waals surface area contributed by atoms with Gasteiger partial charge in [0.2, 0.25) is 5.72 Å². The molecule has 9 heteroatoms. The Bertz CT molecular complexity index is 637. The first-order chi connectivity index (χ1) is 11.8. The van der Waals surface area contributed by atoms with E-state index in [1.54, 1.807) is 0 Å². The van der Waals surface area contributed by atoms with Crippen molar-refractivity contribution in [3.63, 3.8) is 0 Å². The first kappa shape index (κ1) is 19.2. The molecule has 0 saturated carbocycles. The summed E-state index contributed by atoms with van der Waals surface area (Å²) in [6.07, 6.45) is -5.90. The summed E-state index contributed by atoms with van der Waals surface area (Å²) in [5.41, 5.74) is -4.13. The molecule has 1 aliphatic heterocycles. The summed E-state index contributed by atoms with van der Waals surface area (Å²) in [5.74, 6) is -0.620. The van der Waals surface area contributed by atoms with E-state index >= 15 is 0 Å². The van der Waals surface area contributed by atoms with E-state index in [9.17, 15) is 27.5 Å². The predicted octanol–water partition coefficient (Wildman–Crippen LogP) is 3.29. The predicted molar refractivity (Wildman–Crippen MR) is 82.0 cm³/mol. The van der Waals surface area contributed by atoms with Gasteiger partial charge in [0, 0.05) is 12.0 Å². The second-order valence-electron chi connectivity index (χ2n) is 5.59. The van der Waals surface area contributed by atoms with Crippen LogP contribution in [0.15, 0.2) is 29.4 Å². The van der Waals surface area contributed by atoms with Crippen LogP contribution in [0, 0.1) is 0 Å². The molecule has 0 aliphatic carbocycles. The highest BCUT2D eigenvalue weighted by Crippen LogP contribution is 2.34. The van der Waals surface area contributed by atoms with Gasteiger partial charge >= 0.3 is 0 Å². The molecule has 0 aromatic heterocycles. The van der Waals surface area contributed by atoms with Crippen molar-refractivity contribution in [3.05, 3.63) is 29.8 Å². The average molecular weight is 362 g/mol. The molecular formula is C16H18F4N2O3. The summed E-state index contributed by atoms with van der Waals surface area (Å²) >= 11 is 0. The molecule has 1 heterocycles. The number of nitrogens with zero attached hydrogens (tertiary/aromatic N) is 2. The number of hydrazone groups is 1. The van der Waals surface area contributed by atoms with Crippen LogP contribution in [0.1, 0.15) is 36.5 Å². The number of carbonyl (C=O) groups excluding carboxylic acids is 1. The maximum absolute atomic E-state index is 13.1. The molecule has 1 N–H and O–H groups in total. The second kappa shape index (κ2) is 7.81. The first-order valence-electron chi connectivity index (χ1n) is 7.73. The molecule has 0 bridgehead atoms. The quantitative estimate of drug-likeness (QED) is 0.598. The highest BCUT2D eigenvalue weighted by atomic mass is 19.3. The number of carbonyl (C=O) groups is 1. The van der Waals surface area contributed by atoms with Crippen molar-refractivity contribution in [2.24, 2.45) is 5.10 Å². The van der Waals surface area contributed by atoms with Gasteiger partial charge in [-0.05, 0) is 30.7 Å². The topological polar surface area (TPSA) is 62.1 Å². The third-order valence-electron chi connectivity index (χ3n) is 3.70. The van der Waals surface area contributed by atoms with Crippen LogP contribution in [0.4, 0.5) is 17.6 Å². The summed E-state index contributed by atoms with van der Waals surface area (Å²) in [4.78, 5) is 12.3. The molecule has 0 saturated heterocycles. The maximum atomic E-state index is 13.1. The summed E-state index contributed by atoms with van der Waals surface area (Å²) in [5, 5.41) is 13.2. The Labute approximate surface area is 141 Å². The molecule has 1 amide bonds. The highest BCUT2D eigenvalue weighted by molar-refractivity contribution is 5.99. The van der Waals surface area contributed by atoms with Crippen LogP contribution in [0.25, 0.3) is 0 Å². The number of aliphatic hydroxyl groups is 1. The van der Waals surface area contributed by atoms with Gasteiger partial charge in [-0.2, -0.15) is 10.1 Å². The number of hydrogen-bond acceptors (Lipinski definition) is 4. The Morgan fingerprint density at radius 2 is 1.96 bits per heavy atom. The van der Waals surface area contributed by atoms with Crippen LogP contribution in [0.2, 0.25) is 0 Å². The number of amides is 1. The maximum Gasteiger partial charge on any atom is 0.287 e. The third kappa shape index (κ3) is 4.09. The van der Waals surface area contributed by atoms with Crippen LogP contribution in [0.5, 0.6) is 5.75 Å². The third-order valence-corrected chi connectivity index (χ3v) is 3.70. The zero-order chi connectivity index (χ0) is 18.6. The Morgan fingerprint density at radius 1 is 1.32 bits per heavy atom. The largest absolute Gasteiger partial charge is 0.494 e. The van der Waals surface area contributed by atoms with Crippen molar-refractivity contribution in [2.75, 3.05) is 6.61 Å². The molecule has 2 rings (SSSR count). The Kier molecular flexibility index (Phi) is 5.99. The molecule has 0 spiro atoms. The van der Waals surface area contributed by atoms with Crippen molar-refractivity contribution in [1.29, 1.82) is 0 Å². The van der Waals surface area contributed by atoms with Crippen LogP contribution in [0.3, 0.4) is 0 Å². The van der Waals surface area contributed by atoms with Gasteiger partial charge in [-0.3, -0.25) is 4.79 Å². The minimum atomic E-state index is -3.45. The zero-order valence-corrected chi connectivity index (χ0v) is 13.5.